The van der Waals surface area contributed by atoms with Gasteiger partial charge in [-0.1, -0.05) is 13.0 Å². The Hall–Kier alpha value is -4.05. The third-order valence-electron chi connectivity index (χ3n) is 6.48. The van der Waals surface area contributed by atoms with Crippen LogP contribution in [0.15, 0.2) is 64.8 Å². The number of methoxy groups -OCH3 is 4. The molecule has 4 rings (SSSR count). The monoisotopic (exact) mass is 474 g/mol. The fourth-order valence-electron chi connectivity index (χ4n) is 4.85. The maximum Gasteiger partial charge on any atom is 0.205 e. The van der Waals surface area contributed by atoms with Gasteiger partial charge in [0, 0.05) is 23.3 Å². The summed E-state index contributed by atoms with van der Waals surface area (Å²) >= 11 is 0. The van der Waals surface area contributed by atoms with Crippen molar-refractivity contribution in [3.63, 3.8) is 0 Å². The summed E-state index contributed by atoms with van der Waals surface area (Å²) in [6.45, 7) is 2.19. The van der Waals surface area contributed by atoms with Gasteiger partial charge in [-0.25, -0.2) is 0 Å². The van der Waals surface area contributed by atoms with Gasteiger partial charge in [-0.05, 0) is 54.2 Å². The molecule has 7 heteroatoms. The number of nitriles is 1. The van der Waals surface area contributed by atoms with E-state index < -0.39 is 0 Å². The molecule has 2 N–H and O–H groups in total. The predicted molar refractivity (Wildman–Crippen MR) is 133 cm³/mol. The molecule has 0 fully saturated rings. The summed E-state index contributed by atoms with van der Waals surface area (Å²) in [4.78, 5) is 0. The van der Waals surface area contributed by atoms with Gasteiger partial charge in [0.1, 0.15) is 40.4 Å². The maximum absolute atomic E-state index is 10.0. The van der Waals surface area contributed by atoms with E-state index in [0.717, 1.165) is 35.1 Å². The Morgan fingerprint density at radius 2 is 1.60 bits per heavy atom. The molecule has 2 unspecified atom stereocenters. The minimum Gasteiger partial charge on any atom is -0.497 e. The number of hydrogen-bond acceptors (Lipinski definition) is 7. The van der Waals surface area contributed by atoms with Gasteiger partial charge >= 0.3 is 0 Å². The first-order chi connectivity index (χ1) is 16.9. The minimum absolute atomic E-state index is 0.108. The molecule has 0 radical (unpaired) electrons. The smallest absolute Gasteiger partial charge is 0.205 e. The molecule has 0 saturated carbocycles. The standard InChI is InChI=1S/C28H30N2O5/c1-16-10-18(12-17-6-7-19(31-2)13-24(17)33-4)27-22(11-16)26(23(15-29)28(30)35-27)21-9-8-20(32-3)14-25(21)34-5/h6-9,12-14,16,26H,10-11,30H2,1-5H3/b18-12+. The average Bonchev–Trinajstić information content (AvgIpc) is 2.88. The Bertz CT molecular complexity index is 1270. The van der Waals surface area contributed by atoms with Crippen LogP contribution in [0.4, 0.5) is 0 Å². The summed E-state index contributed by atoms with van der Waals surface area (Å²) in [5.41, 5.74) is 10.5. The number of allylic oxidation sites excluding steroid dienone is 3. The van der Waals surface area contributed by atoms with Crippen LogP contribution in [0.2, 0.25) is 0 Å². The highest BCUT2D eigenvalue weighted by atomic mass is 16.5. The van der Waals surface area contributed by atoms with Crippen molar-refractivity contribution in [2.75, 3.05) is 28.4 Å². The second-order valence-electron chi connectivity index (χ2n) is 8.68. The molecule has 2 aliphatic rings. The summed E-state index contributed by atoms with van der Waals surface area (Å²) in [6, 6.07) is 13.6. The van der Waals surface area contributed by atoms with Crippen molar-refractivity contribution in [2.24, 2.45) is 11.7 Å². The quantitative estimate of drug-likeness (QED) is 0.607. The zero-order chi connectivity index (χ0) is 25.1. The molecule has 0 saturated heterocycles. The summed E-state index contributed by atoms with van der Waals surface area (Å²) in [5, 5.41) is 10.0. The van der Waals surface area contributed by atoms with Crippen LogP contribution in [-0.4, -0.2) is 28.4 Å². The van der Waals surface area contributed by atoms with Crippen molar-refractivity contribution >= 4 is 6.08 Å². The molecule has 0 aromatic heterocycles. The molecule has 1 heterocycles. The van der Waals surface area contributed by atoms with Crippen LogP contribution >= 0.6 is 0 Å². The molecule has 2 aromatic carbocycles. The third kappa shape index (κ3) is 4.52. The maximum atomic E-state index is 10.0. The van der Waals surface area contributed by atoms with Gasteiger partial charge in [0.2, 0.25) is 5.88 Å². The van der Waals surface area contributed by atoms with Crippen LogP contribution in [0.1, 0.15) is 36.8 Å². The van der Waals surface area contributed by atoms with Crippen LogP contribution in [0.5, 0.6) is 23.0 Å². The molecule has 182 valence electrons. The van der Waals surface area contributed by atoms with E-state index in [1.54, 1.807) is 28.4 Å². The second-order valence-corrected chi connectivity index (χ2v) is 8.68. The first-order valence-electron chi connectivity index (χ1n) is 11.4. The Balaban J connectivity index is 1.89. The molecule has 0 spiro atoms. The second kappa shape index (κ2) is 10.1. The number of hydrogen-bond donors (Lipinski definition) is 1. The highest BCUT2D eigenvalue weighted by Crippen LogP contribution is 2.50. The number of benzene rings is 2. The van der Waals surface area contributed by atoms with Crippen LogP contribution < -0.4 is 24.7 Å². The van der Waals surface area contributed by atoms with Gasteiger partial charge < -0.3 is 29.4 Å². The first-order valence-corrected chi connectivity index (χ1v) is 11.4. The summed E-state index contributed by atoms with van der Waals surface area (Å²) in [6.07, 6.45) is 3.64. The summed E-state index contributed by atoms with van der Waals surface area (Å²) in [5.74, 6) is 3.48. The molecule has 2 aromatic rings. The van der Waals surface area contributed by atoms with Crippen molar-refractivity contribution in [3.05, 3.63) is 75.9 Å². The van der Waals surface area contributed by atoms with Crippen molar-refractivity contribution in [2.45, 2.75) is 25.7 Å². The SMILES string of the molecule is COc1ccc(/C=C2\CC(C)CC3=C2OC(N)=C(C#N)C3c2ccc(OC)cc2OC)c(OC)c1. The first kappa shape index (κ1) is 24.1. The Kier molecular flexibility index (Phi) is 6.92. The molecule has 1 aliphatic heterocycles. The fourth-order valence-corrected chi connectivity index (χ4v) is 4.85. The lowest BCUT2D eigenvalue weighted by atomic mass is 9.73. The third-order valence-corrected chi connectivity index (χ3v) is 6.48. The lowest BCUT2D eigenvalue weighted by Gasteiger charge is -2.36. The average molecular weight is 475 g/mol. The van der Waals surface area contributed by atoms with Crippen LogP contribution in [0.25, 0.3) is 6.08 Å². The fraction of sp³-hybridized carbons (Fsp3) is 0.321. The molecule has 35 heavy (non-hydrogen) atoms. The van der Waals surface area contributed by atoms with E-state index in [9.17, 15) is 5.26 Å². The van der Waals surface area contributed by atoms with Gasteiger partial charge in [0.15, 0.2) is 0 Å². The van der Waals surface area contributed by atoms with Crippen molar-refractivity contribution < 1.29 is 23.7 Å². The van der Waals surface area contributed by atoms with E-state index in [2.05, 4.69) is 19.1 Å². The summed E-state index contributed by atoms with van der Waals surface area (Å²) < 4.78 is 28.1. The topological polar surface area (TPSA) is 96.0 Å². The summed E-state index contributed by atoms with van der Waals surface area (Å²) in [7, 11) is 6.47. The predicted octanol–water partition coefficient (Wildman–Crippen LogP) is 5.30. The van der Waals surface area contributed by atoms with Gasteiger partial charge in [0.05, 0.1) is 34.4 Å². The Labute approximate surface area is 206 Å². The van der Waals surface area contributed by atoms with Gasteiger partial charge in [-0.2, -0.15) is 5.26 Å². The van der Waals surface area contributed by atoms with E-state index in [4.69, 9.17) is 29.4 Å². The lowest BCUT2D eigenvalue weighted by molar-refractivity contribution is 0.268. The van der Waals surface area contributed by atoms with Gasteiger partial charge in [0.25, 0.3) is 0 Å². The highest BCUT2D eigenvalue weighted by molar-refractivity contribution is 5.67. The number of nitrogens with two attached hydrogens (primary N) is 1. The van der Waals surface area contributed by atoms with Crippen LogP contribution in [0.3, 0.4) is 0 Å². The molecule has 7 nitrogen and oxygen atoms in total. The van der Waals surface area contributed by atoms with E-state index in [1.165, 1.54) is 0 Å². The van der Waals surface area contributed by atoms with E-state index in [-0.39, 0.29) is 11.8 Å². The van der Waals surface area contributed by atoms with E-state index in [0.29, 0.717) is 40.2 Å². The van der Waals surface area contributed by atoms with Gasteiger partial charge in [-0.15, -0.1) is 0 Å². The van der Waals surface area contributed by atoms with Crippen LogP contribution in [-0.2, 0) is 4.74 Å². The molecular formula is C28H30N2O5. The molecule has 1 aliphatic carbocycles. The normalized spacial score (nSPS) is 20.6. The van der Waals surface area contributed by atoms with Gasteiger partial charge in [-0.3, -0.25) is 0 Å². The molecular weight excluding hydrogens is 444 g/mol. The Morgan fingerprint density at radius 3 is 2.23 bits per heavy atom. The highest BCUT2D eigenvalue weighted by Gasteiger charge is 2.38. The molecule has 0 amide bonds. The molecule has 2 atom stereocenters. The minimum atomic E-state index is -0.381. The van der Waals surface area contributed by atoms with Crippen molar-refractivity contribution in [1.82, 2.24) is 0 Å². The zero-order valence-electron chi connectivity index (χ0n) is 20.7. The lowest BCUT2D eigenvalue weighted by Crippen LogP contribution is -2.26. The zero-order valence-corrected chi connectivity index (χ0v) is 20.7. The van der Waals surface area contributed by atoms with Crippen molar-refractivity contribution in [3.8, 4) is 29.1 Å². The Morgan fingerprint density at radius 1 is 0.943 bits per heavy atom. The number of ether oxygens (including phenoxy) is 5. The van der Waals surface area contributed by atoms with E-state index >= 15 is 0 Å². The van der Waals surface area contributed by atoms with E-state index in [1.807, 2.05) is 36.4 Å². The van der Waals surface area contributed by atoms with Crippen molar-refractivity contribution in [1.29, 1.82) is 5.26 Å². The molecule has 0 bridgehead atoms. The number of rotatable bonds is 6. The van der Waals surface area contributed by atoms with Crippen LogP contribution in [0, 0.1) is 17.2 Å². The number of nitrogens with zero attached hydrogens (tertiary/aromatic N) is 1. The largest absolute Gasteiger partial charge is 0.497 e.